The van der Waals surface area contributed by atoms with Gasteiger partial charge in [0.1, 0.15) is 5.69 Å². The summed E-state index contributed by atoms with van der Waals surface area (Å²) in [5.74, 6) is -0.522. The molecule has 0 saturated heterocycles. The monoisotopic (exact) mass is 357 g/mol. The molecule has 2 aromatic carbocycles. The van der Waals surface area contributed by atoms with Crippen molar-refractivity contribution in [3.63, 3.8) is 0 Å². The lowest BCUT2D eigenvalue weighted by atomic mass is 10.1. The Kier molecular flexibility index (Phi) is 4.12. The molecule has 0 aliphatic carbocycles. The van der Waals surface area contributed by atoms with Crippen LogP contribution in [0, 0.1) is 6.92 Å². The fourth-order valence-corrected chi connectivity index (χ4v) is 3.46. The Bertz CT molecular complexity index is 1200. The number of nitrogens with two attached hydrogens (primary N) is 1. The highest BCUT2D eigenvalue weighted by Crippen LogP contribution is 2.23. The Labute approximate surface area is 156 Å². The third kappa shape index (κ3) is 3.04. The molecule has 2 heterocycles. The van der Waals surface area contributed by atoms with Crippen molar-refractivity contribution in [3.05, 3.63) is 100.0 Å². The van der Waals surface area contributed by atoms with Crippen LogP contribution in [0.3, 0.4) is 0 Å². The molecular weight excluding hydrogens is 338 g/mol. The van der Waals surface area contributed by atoms with Gasteiger partial charge in [-0.25, -0.2) is 0 Å². The van der Waals surface area contributed by atoms with Crippen molar-refractivity contribution in [2.45, 2.75) is 13.5 Å². The van der Waals surface area contributed by atoms with E-state index < -0.39 is 5.91 Å². The summed E-state index contributed by atoms with van der Waals surface area (Å²) in [6, 6.07) is 22.4. The number of para-hydroxylation sites is 1. The number of hydrogen-bond acceptors (Lipinski definition) is 2. The van der Waals surface area contributed by atoms with E-state index in [0.717, 1.165) is 22.3 Å². The first-order chi connectivity index (χ1) is 13.0. The average Bonchev–Trinajstić information content (AvgIpc) is 3.01. The fraction of sp³-hybridized carbons (Fsp3) is 0.0909. The molecule has 0 saturated carbocycles. The molecule has 134 valence electrons. The average molecular weight is 357 g/mol. The van der Waals surface area contributed by atoms with E-state index in [2.05, 4.69) is 6.07 Å². The van der Waals surface area contributed by atoms with Gasteiger partial charge in [-0.2, -0.15) is 0 Å². The first-order valence-electron chi connectivity index (χ1n) is 8.70. The lowest BCUT2D eigenvalue weighted by Gasteiger charge is -2.11. The van der Waals surface area contributed by atoms with E-state index in [1.165, 1.54) is 6.07 Å². The zero-order valence-corrected chi connectivity index (χ0v) is 14.9. The normalized spacial score (nSPS) is 11.0. The zero-order chi connectivity index (χ0) is 19.0. The molecule has 2 N–H and O–H groups in total. The van der Waals surface area contributed by atoms with E-state index in [9.17, 15) is 9.59 Å². The summed E-state index contributed by atoms with van der Waals surface area (Å²) in [4.78, 5) is 24.7. The highest BCUT2D eigenvalue weighted by atomic mass is 16.1. The number of aryl methyl sites for hydroxylation is 1. The topological polar surface area (TPSA) is 70.0 Å². The minimum Gasteiger partial charge on any atom is -0.364 e. The molecule has 4 aromatic rings. The van der Waals surface area contributed by atoms with Crippen LogP contribution < -0.4 is 11.3 Å². The maximum atomic E-state index is 12.6. The van der Waals surface area contributed by atoms with E-state index in [1.807, 2.05) is 60.0 Å². The molecule has 0 spiro atoms. The number of primary amides is 1. The number of fused-ring (bicyclic) bond motifs is 1. The van der Waals surface area contributed by atoms with Crippen LogP contribution in [0.2, 0.25) is 0 Å². The molecule has 4 rings (SSSR count). The van der Waals surface area contributed by atoms with Gasteiger partial charge in [-0.15, -0.1) is 0 Å². The number of hydrogen-bond donors (Lipinski definition) is 1. The number of aromatic nitrogens is 2. The van der Waals surface area contributed by atoms with E-state index in [4.69, 9.17) is 5.73 Å². The van der Waals surface area contributed by atoms with Crippen LogP contribution in [0.5, 0.6) is 0 Å². The van der Waals surface area contributed by atoms with Crippen molar-refractivity contribution in [1.29, 1.82) is 0 Å². The Hall–Kier alpha value is -3.60. The summed E-state index contributed by atoms with van der Waals surface area (Å²) in [5.41, 5.74) is 10.3. The summed E-state index contributed by atoms with van der Waals surface area (Å²) in [6.45, 7) is 2.52. The molecule has 0 fully saturated rings. The molecule has 5 nitrogen and oxygen atoms in total. The molecule has 0 bridgehead atoms. The number of carbonyl (C=O) groups excluding carboxylic acids is 1. The summed E-state index contributed by atoms with van der Waals surface area (Å²) >= 11 is 0. The predicted molar refractivity (Wildman–Crippen MR) is 106 cm³/mol. The Morgan fingerprint density at radius 2 is 1.70 bits per heavy atom. The van der Waals surface area contributed by atoms with E-state index in [0.29, 0.717) is 17.8 Å². The van der Waals surface area contributed by atoms with E-state index in [1.54, 1.807) is 16.7 Å². The molecular formula is C22H19N3O2. The smallest absolute Gasteiger partial charge is 0.265 e. The highest BCUT2D eigenvalue weighted by Gasteiger charge is 2.17. The van der Waals surface area contributed by atoms with Crippen molar-refractivity contribution in [1.82, 2.24) is 9.13 Å². The molecule has 1 amide bonds. The summed E-state index contributed by atoms with van der Waals surface area (Å²) in [7, 11) is 0. The molecule has 0 aliphatic rings. The van der Waals surface area contributed by atoms with Crippen LogP contribution in [0.1, 0.15) is 21.6 Å². The van der Waals surface area contributed by atoms with Gasteiger partial charge in [0.2, 0.25) is 0 Å². The molecule has 2 aromatic heterocycles. The Morgan fingerprint density at radius 1 is 0.926 bits per heavy atom. The Balaban J connectivity index is 1.98. The van der Waals surface area contributed by atoms with Gasteiger partial charge in [-0.05, 0) is 36.8 Å². The number of benzene rings is 2. The second-order valence-corrected chi connectivity index (χ2v) is 6.58. The van der Waals surface area contributed by atoms with Gasteiger partial charge in [0.15, 0.2) is 0 Å². The molecule has 27 heavy (non-hydrogen) atoms. The van der Waals surface area contributed by atoms with Crippen molar-refractivity contribution in [3.8, 4) is 5.69 Å². The van der Waals surface area contributed by atoms with Crippen molar-refractivity contribution < 1.29 is 4.79 Å². The van der Waals surface area contributed by atoms with Gasteiger partial charge in [-0.1, -0.05) is 48.0 Å². The van der Waals surface area contributed by atoms with Crippen LogP contribution in [-0.4, -0.2) is 15.0 Å². The Morgan fingerprint density at radius 3 is 2.41 bits per heavy atom. The SMILES string of the molecule is Cc1cccc(Cn2c(C(N)=O)cc3c2ccc(=O)n3-c2ccccc2)c1. The molecule has 5 heteroatoms. The van der Waals surface area contributed by atoms with Crippen molar-refractivity contribution in [2.24, 2.45) is 5.73 Å². The first-order valence-corrected chi connectivity index (χ1v) is 8.70. The standard InChI is InChI=1S/C22H19N3O2/c1-15-6-5-7-16(12-15)14-24-18-10-11-21(26)25(17-8-3-2-4-9-17)19(18)13-20(24)22(23)27/h2-13H,14H2,1H3,(H2,23,27). The quantitative estimate of drug-likeness (QED) is 0.609. The van der Waals surface area contributed by atoms with Crippen LogP contribution in [0.4, 0.5) is 0 Å². The van der Waals surface area contributed by atoms with Crippen molar-refractivity contribution in [2.75, 3.05) is 0 Å². The zero-order valence-electron chi connectivity index (χ0n) is 14.9. The second kappa shape index (κ2) is 6.61. The van der Waals surface area contributed by atoms with Gasteiger partial charge in [0, 0.05) is 18.3 Å². The van der Waals surface area contributed by atoms with Crippen LogP contribution in [-0.2, 0) is 6.54 Å². The van der Waals surface area contributed by atoms with Gasteiger partial charge < -0.3 is 10.3 Å². The van der Waals surface area contributed by atoms with Gasteiger partial charge in [0.25, 0.3) is 11.5 Å². The molecule has 0 atom stereocenters. The highest BCUT2D eigenvalue weighted by molar-refractivity contribution is 5.97. The van der Waals surface area contributed by atoms with Gasteiger partial charge >= 0.3 is 0 Å². The van der Waals surface area contributed by atoms with Gasteiger partial charge in [0.05, 0.1) is 11.0 Å². The van der Waals surface area contributed by atoms with E-state index >= 15 is 0 Å². The number of pyridine rings is 1. The molecule has 0 unspecified atom stereocenters. The van der Waals surface area contributed by atoms with Crippen LogP contribution in [0.15, 0.2) is 77.6 Å². The maximum absolute atomic E-state index is 12.6. The fourth-order valence-electron chi connectivity index (χ4n) is 3.46. The predicted octanol–water partition coefficient (Wildman–Crippen LogP) is 3.25. The van der Waals surface area contributed by atoms with Crippen molar-refractivity contribution >= 4 is 16.9 Å². The largest absolute Gasteiger partial charge is 0.364 e. The molecule has 0 radical (unpaired) electrons. The third-order valence-corrected chi connectivity index (χ3v) is 4.65. The van der Waals surface area contributed by atoms with Gasteiger partial charge in [-0.3, -0.25) is 14.2 Å². The van der Waals surface area contributed by atoms with E-state index in [-0.39, 0.29) is 5.56 Å². The third-order valence-electron chi connectivity index (χ3n) is 4.65. The minimum absolute atomic E-state index is 0.155. The molecule has 0 aliphatic heterocycles. The van der Waals surface area contributed by atoms with Crippen LogP contribution >= 0.6 is 0 Å². The maximum Gasteiger partial charge on any atom is 0.265 e. The summed E-state index contributed by atoms with van der Waals surface area (Å²) in [6.07, 6.45) is 0. The number of rotatable bonds is 4. The second-order valence-electron chi connectivity index (χ2n) is 6.58. The number of amides is 1. The van der Waals surface area contributed by atoms with Crippen LogP contribution in [0.25, 0.3) is 16.7 Å². The minimum atomic E-state index is -0.522. The number of nitrogens with zero attached hydrogens (tertiary/aromatic N) is 2. The first kappa shape index (κ1) is 16.8. The lowest BCUT2D eigenvalue weighted by Crippen LogP contribution is -2.18. The summed E-state index contributed by atoms with van der Waals surface area (Å²) < 4.78 is 3.47. The summed E-state index contributed by atoms with van der Waals surface area (Å²) in [5, 5.41) is 0. The lowest BCUT2D eigenvalue weighted by molar-refractivity contribution is 0.0992. The number of carbonyl (C=O) groups is 1.